The molecule has 1 fully saturated rings. The van der Waals surface area contributed by atoms with Crippen LogP contribution < -0.4 is 0 Å². The standard InChI is InChI=1S/C14H20BFO2/c1-10-8-12(16)7-6-11(10)9-15-17-13(2,3)14(4,5)18-15/h6-8H,9H2,1-5H3. The topological polar surface area (TPSA) is 18.5 Å². The summed E-state index contributed by atoms with van der Waals surface area (Å²) in [7, 11) is -0.265. The molecule has 2 rings (SSSR count). The van der Waals surface area contributed by atoms with E-state index in [2.05, 4.69) is 0 Å². The number of hydrogen-bond acceptors (Lipinski definition) is 2. The zero-order valence-corrected chi connectivity index (χ0v) is 11.7. The van der Waals surface area contributed by atoms with Crippen LogP contribution in [-0.2, 0) is 15.6 Å². The van der Waals surface area contributed by atoms with Crippen LogP contribution in [0.2, 0.25) is 0 Å². The van der Waals surface area contributed by atoms with E-state index in [-0.39, 0.29) is 24.1 Å². The third kappa shape index (κ3) is 2.45. The van der Waals surface area contributed by atoms with Gasteiger partial charge < -0.3 is 9.31 Å². The molecule has 1 aromatic carbocycles. The lowest BCUT2D eigenvalue weighted by Crippen LogP contribution is -2.41. The minimum absolute atomic E-state index is 0.204. The van der Waals surface area contributed by atoms with Crippen LogP contribution in [0, 0.1) is 12.7 Å². The second-order valence-electron chi connectivity index (χ2n) is 5.96. The van der Waals surface area contributed by atoms with E-state index < -0.39 is 0 Å². The molecular formula is C14H20BFO2. The molecule has 0 aromatic heterocycles. The minimum atomic E-state index is -0.314. The van der Waals surface area contributed by atoms with E-state index >= 15 is 0 Å². The fourth-order valence-corrected chi connectivity index (χ4v) is 2.12. The Balaban J connectivity index is 2.12. The summed E-state index contributed by atoms with van der Waals surface area (Å²) in [6, 6.07) is 4.82. The van der Waals surface area contributed by atoms with E-state index in [9.17, 15) is 4.39 Å². The molecule has 4 heteroatoms. The highest BCUT2D eigenvalue weighted by Crippen LogP contribution is 2.37. The van der Waals surface area contributed by atoms with Crippen LogP contribution in [0.25, 0.3) is 0 Å². The van der Waals surface area contributed by atoms with Gasteiger partial charge in [0.2, 0.25) is 0 Å². The molecule has 1 saturated heterocycles. The number of benzene rings is 1. The first-order chi connectivity index (χ1) is 8.21. The van der Waals surface area contributed by atoms with E-state index in [0.29, 0.717) is 6.32 Å². The summed E-state index contributed by atoms with van der Waals surface area (Å²) in [5, 5.41) is 0. The van der Waals surface area contributed by atoms with Gasteiger partial charge in [-0.3, -0.25) is 0 Å². The van der Waals surface area contributed by atoms with E-state index in [1.165, 1.54) is 6.07 Å². The molecule has 1 heterocycles. The summed E-state index contributed by atoms with van der Waals surface area (Å²) in [4.78, 5) is 0. The summed E-state index contributed by atoms with van der Waals surface area (Å²) in [6.45, 7) is 10.0. The number of hydrogen-bond donors (Lipinski definition) is 0. The van der Waals surface area contributed by atoms with Gasteiger partial charge in [-0.25, -0.2) is 4.39 Å². The van der Waals surface area contributed by atoms with Gasteiger partial charge >= 0.3 is 7.12 Å². The third-order valence-electron chi connectivity index (χ3n) is 3.99. The molecule has 0 spiro atoms. The SMILES string of the molecule is Cc1cc(F)ccc1CB1OC(C)(C)C(C)(C)O1. The van der Waals surface area contributed by atoms with Crippen molar-refractivity contribution in [3.8, 4) is 0 Å². The van der Waals surface area contributed by atoms with Crippen LogP contribution in [0.4, 0.5) is 4.39 Å². The van der Waals surface area contributed by atoms with E-state index in [0.717, 1.165) is 11.1 Å². The van der Waals surface area contributed by atoms with Gasteiger partial charge in [0.15, 0.2) is 0 Å². The fourth-order valence-electron chi connectivity index (χ4n) is 2.12. The molecule has 2 nitrogen and oxygen atoms in total. The summed E-state index contributed by atoms with van der Waals surface area (Å²) >= 11 is 0. The van der Waals surface area contributed by atoms with Crippen molar-refractivity contribution in [3.05, 3.63) is 35.1 Å². The van der Waals surface area contributed by atoms with Crippen LogP contribution in [0.15, 0.2) is 18.2 Å². The lowest BCUT2D eigenvalue weighted by Gasteiger charge is -2.32. The summed E-state index contributed by atoms with van der Waals surface area (Å²) < 4.78 is 24.9. The van der Waals surface area contributed by atoms with E-state index in [4.69, 9.17) is 9.31 Å². The second-order valence-corrected chi connectivity index (χ2v) is 5.96. The molecule has 0 saturated carbocycles. The zero-order chi connectivity index (χ0) is 13.6. The maximum Gasteiger partial charge on any atom is 0.462 e. The highest BCUT2D eigenvalue weighted by molar-refractivity contribution is 6.45. The zero-order valence-electron chi connectivity index (χ0n) is 11.7. The van der Waals surface area contributed by atoms with Gasteiger partial charge in [0.05, 0.1) is 11.2 Å². The summed E-state index contributed by atoms with van der Waals surface area (Å²) in [6.07, 6.45) is 0.652. The van der Waals surface area contributed by atoms with Crippen molar-refractivity contribution >= 4 is 7.12 Å². The lowest BCUT2D eigenvalue weighted by molar-refractivity contribution is 0.00578. The average molecular weight is 250 g/mol. The Hall–Kier alpha value is -0.865. The van der Waals surface area contributed by atoms with Gasteiger partial charge in [0.25, 0.3) is 0 Å². The first-order valence-electron chi connectivity index (χ1n) is 6.32. The van der Waals surface area contributed by atoms with Crippen LogP contribution in [-0.4, -0.2) is 18.3 Å². The van der Waals surface area contributed by atoms with Gasteiger partial charge in [-0.05, 0) is 57.9 Å². The first kappa shape index (κ1) is 13.6. The smallest absolute Gasteiger partial charge is 0.403 e. The monoisotopic (exact) mass is 250 g/mol. The van der Waals surface area contributed by atoms with Crippen LogP contribution in [0.5, 0.6) is 0 Å². The minimum Gasteiger partial charge on any atom is -0.403 e. The molecule has 18 heavy (non-hydrogen) atoms. The summed E-state index contributed by atoms with van der Waals surface area (Å²) in [5.74, 6) is -0.204. The highest BCUT2D eigenvalue weighted by atomic mass is 19.1. The Kier molecular flexibility index (Phi) is 3.28. The predicted octanol–water partition coefficient (Wildman–Crippen LogP) is 3.31. The fraction of sp³-hybridized carbons (Fsp3) is 0.571. The van der Waals surface area contributed by atoms with Crippen molar-refractivity contribution in [1.29, 1.82) is 0 Å². The Bertz CT molecular complexity index is 441. The Morgan fingerprint density at radius 1 is 1.11 bits per heavy atom. The summed E-state index contributed by atoms with van der Waals surface area (Å²) in [5.41, 5.74) is 1.37. The Morgan fingerprint density at radius 3 is 2.17 bits per heavy atom. The van der Waals surface area contributed by atoms with Crippen molar-refractivity contribution < 1.29 is 13.7 Å². The molecule has 0 aliphatic carbocycles. The molecule has 0 atom stereocenters. The largest absolute Gasteiger partial charge is 0.462 e. The van der Waals surface area contributed by atoms with Gasteiger partial charge in [-0.1, -0.05) is 6.07 Å². The number of aryl methyl sites for hydroxylation is 1. The molecule has 0 bridgehead atoms. The Morgan fingerprint density at radius 2 is 1.67 bits per heavy atom. The van der Waals surface area contributed by atoms with Gasteiger partial charge in [-0.15, -0.1) is 0 Å². The maximum absolute atomic E-state index is 13.0. The first-order valence-corrected chi connectivity index (χ1v) is 6.32. The third-order valence-corrected chi connectivity index (χ3v) is 3.99. The molecule has 98 valence electrons. The number of rotatable bonds is 2. The second kappa shape index (κ2) is 4.35. The maximum atomic E-state index is 13.0. The quantitative estimate of drug-likeness (QED) is 0.749. The van der Waals surface area contributed by atoms with Crippen LogP contribution >= 0.6 is 0 Å². The van der Waals surface area contributed by atoms with Crippen LogP contribution in [0.3, 0.4) is 0 Å². The molecule has 1 aliphatic rings. The van der Waals surface area contributed by atoms with Gasteiger partial charge in [0.1, 0.15) is 5.82 Å². The molecule has 0 unspecified atom stereocenters. The molecular weight excluding hydrogens is 230 g/mol. The molecule has 1 aromatic rings. The lowest BCUT2D eigenvalue weighted by atomic mass is 9.79. The molecule has 1 aliphatic heterocycles. The number of halogens is 1. The molecule has 0 amide bonds. The van der Waals surface area contributed by atoms with Crippen molar-refractivity contribution in [3.63, 3.8) is 0 Å². The Labute approximate surface area is 109 Å². The van der Waals surface area contributed by atoms with Crippen molar-refractivity contribution in [2.24, 2.45) is 0 Å². The van der Waals surface area contributed by atoms with Gasteiger partial charge in [0, 0.05) is 6.32 Å². The van der Waals surface area contributed by atoms with E-state index in [1.54, 1.807) is 12.1 Å². The van der Waals surface area contributed by atoms with E-state index in [1.807, 2.05) is 34.6 Å². The predicted molar refractivity (Wildman–Crippen MR) is 70.9 cm³/mol. The van der Waals surface area contributed by atoms with Crippen molar-refractivity contribution in [2.45, 2.75) is 52.1 Å². The highest BCUT2D eigenvalue weighted by Gasteiger charge is 2.50. The average Bonchev–Trinajstić information content (AvgIpc) is 2.40. The van der Waals surface area contributed by atoms with Gasteiger partial charge in [-0.2, -0.15) is 0 Å². The molecule has 0 N–H and O–H groups in total. The van der Waals surface area contributed by atoms with Crippen LogP contribution in [0.1, 0.15) is 38.8 Å². The molecule has 0 radical (unpaired) electrons. The van der Waals surface area contributed by atoms with Crippen molar-refractivity contribution in [2.75, 3.05) is 0 Å². The normalized spacial score (nSPS) is 21.3. The van der Waals surface area contributed by atoms with Crippen molar-refractivity contribution in [1.82, 2.24) is 0 Å².